The first-order valence-electron chi connectivity index (χ1n) is 8.95. The molecule has 3 atom stereocenters. The maximum absolute atomic E-state index is 13.3. The van der Waals surface area contributed by atoms with Crippen LogP contribution in [0.2, 0.25) is 5.02 Å². The predicted molar refractivity (Wildman–Crippen MR) is 108 cm³/mol. The van der Waals surface area contributed by atoms with E-state index < -0.39 is 5.41 Å². The summed E-state index contributed by atoms with van der Waals surface area (Å²) in [5.74, 6) is 0.312. The van der Waals surface area contributed by atoms with E-state index in [1.165, 1.54) is 7.11 Å². The predicted octanol–water partition coefficient (Wildman–Crippen LogP) is 4.80. The largest absolute Gasteiger partial charge is 0.497 e. The van der Waals surface area contributed by atoms with Gasteiger partial charge in [0.25, 0.3) is 0 Å². The lowest BCUT2D eigenvalue weighted by molar-refractivity contribution is -0.149. The van der Waals surface area contributed by atoms with Crippen LogP contribution in [0.25, 0.3) is 0 Å². The zero-order chi connectivity index (χ0) is 19.6. The number of carbonyl (C=O) groups is 1. The summed E-state index contributed by atoms with van der Waals surface area (Å²) in [6.07, 6.45) is 0.659. The second kappa shape index (κ2) is 7.73. The highest BCUT2D eigenvalue weighted by Crippen LogP contribution is 2.49. The molecule has 1 aliphatic heterocycles. The van der Waals surface area contributed by atoms with Crippen LogP contribution in [0.1, 0.15) is 37.3 Å². The van der Waals surface area contributed by atoms with E-state index >= 15 is 0 Å². The van der Waals surface area contributed by atoms with E-state index in [-0.39, 0.29) is 17.9 Å². The molecule has 0 fully saturated rings. The summed E-state index contributed by atoms with van der Waals surface area (Å²) in [6.45, 7) is 3.98. The number of halogens is 1. The molecule has 0 spiro atoms. The van der Waals surface area contributed by atoms with Gasteiger partial charge in [0.1, 0.15) is 11.2 Å². The summed E-state index contributed by atoms with van der Waals surface area (Å²) in [4.78, 5) is 18.0. The third-order valence-corrected chi connectivity index (χ3v) is 5.70. The van der Waals surface area contributed by atoms with Crippen molar-refractivity contribution in [2.75, 3.05) is 14.2 Å². The fourth-order valence-electron chi connectivity index (χ4n) is 4.25. The van der Waals surface area contributed by atoms with Gasteiger partial charge in [-0.3, -0.25) is 9.79 Å². The smallest absolute Gasteiger partial charge is 0.319 e. The molecule has 0 aliphatic carbocycles. The van der Waals surface area contributed by atoms with Gasteiger partial charge < -0.3 is 9.47 Å². The molecule has 0 amide bonds. The third kappa shape index (κ3) is 3.34. The monoisotopic (exact) mass is 385 g/mol. The number of carbonyl (C=O) groups excluding carboxylic acids is 1. The number of rotatable bonds is 4. The zero-order valence-electron chi connectivity index (χ0n) is 16.0. The number of hydrogen-bond acceptors (Lipinski definition) is 4. The first-order valence-corrected chi connectivity index (χ1v) is 9.33. The minimum absolute atomic E-state index is 0.135. The summed E-state index contributed by atoms with van der Waals surface area (Å²) in [7, 11) is 3.05. The molecular weight excluding hydrogens is 362 g/mol. The van der Waals surface area contributed by atoms with Crippen molar-refractivity contribution >= 4 is 23.3 Å². The van der Waals surface area contributed by atoms with Crippen molar-refractivity contribution in [3.8, 4) is 5.75 Å². The van der Waals surface area contributed by atoms with Gasteiger partial charge in [-0.15, -0.1) is 0 Å². The van der Waals surface area contributed by atoms with Crippen LogP contribution in [0, 0.1) is 0 Å². The molecule has 1 heterocycles. The molecule has 0 aromatic heterocycles. The highest BCUT2D eigenvalue weighted by Gasteiger charge is 2.55. The van der Waals surface area contributed by atoms with Gasteiger partial charge in [0.05, 0.1) is 20.3 Å². The Morgan fingerprint density at radius 1 is 1.19 bits per heavy atom. The minimum Gasteiger partial charge on any atom is -0.497 e. The van der Waals surface area contributed by atoms with E-state index in [0.717, 1.165) is 22.6 Å². The van der Waals surface area contributed by atoms with Crippen LogP contribution >= 0.6 is 11.6 Å². The van der Waals surface area contributed by atoms with E-state index in [1.807, 2.05) is 62.4 Å². The Kier molecular flexibility index (Phi) is 5.56. The second-order valence-electron chi connectivity index (χ2n) is 6.94. The first-order chi connectivity index (χ1) is 12.9. The summed E-state index contributed by atoms with van der Waals surface area (Å²) in [6, 6.07) is 15.0. The Hall–Kier alpha value is -2.33. The van der Waals surface area contributed by atoms with Gasteiger partial charge in [-0.2, -0.15) is 0 Å². The lowest BCUT2D eigenvalue weighted by Gasteiger charge is -2.45. The molecule has 27 heavy (non-hydrogen) atoms. The van der Waals surface area contributed by atoms with Crippen molar-refractivity contribution in [3.63, 3.8) is 0 Å². The molecule has 0 radical (unpaired) electrons. The van der Waals surface area contributed by atoms with E-state index in [2.05, 4.69) is 0 Å². The van der Waals surface area contributed by atoms with Crippen LogP contribution in [0.5, 0.6) is 5.75 Å². The molecule has 2 aromatic carbocycles. The summed E-state index contributed by atoms with van der Waals surface area (Å²) >= 11 is 6.27. The SMILES string of the molecule is COC(=O)C1(c2ccc(OC)cc2)C(C)N=C(C)CC1c1cccc(Cl)c1. The topological polar surface area (TPSA) is 47.9 Å². The Balaban J connectivity index is 2.26. The lowest BCUT2D eigenvalue weighted by Crippen LogP contribution is -2.53. The molecule has 2 aromatic rings. The molecule has 0 saturated heterocycles. The molecule has 0 saturated carbocycles. The van der Waals surface area contributed by atoms with Gasteiger partial charge in [0, 0.05) is 16.7 Å². The number of benzene rings is 2. The van der Waals surface area contributed by atoms with Crippen molar-refractivity contribution < 1.29 is 14.3 Å². The van der Waals surface area contributed by atoms with Crippen LogP contribution in [0.15, 0.2) is 53.5 Å². The van der Waals surface area contributed by atoms with E-state index in [9.17, 15) is 4.79 Å². The number of esters is 1. The highest BCUT2D eigenvalue weighted by atomic mass is 35.5. The van der Waals surface area contributed by atoms with Gasteiger partial charge in [0.2, 0.25) is 0 Å². The van der Waals surface area contributed by atoms with Gasteiger partial charge in [-0.1, -0.05) is 35.9 Å². The second-order valence-corrected chi connectivity index (χ2v) is 7.38. The summed E-state index contributed by atoms with van der Waals surface area (Å²) < 4.78 is 10.6. The van der Waals surface area contributed by atoms with Gasteiger partial charge in [-0.05, 0) is 55.7 Å². The van der Waals surface area contributed by atoms with Gasteiger partial charge in [0.15, 0.2) is 0 Å². The van der Waals surface area contributed by atoms with Crippen molar-refractivity contribution in [3.05, 3.63) is 64.7 Å². The number of methoxy groups -OCH3 is 2. The average Bonchev–Trinajstić information content (AvgIpc) is 2.67. The fraction of sp³-hybridized carbons (Fsp3) is 0.364. The molecule has 3 rings (SSSR count). The number of hydrogen-bond donors (Lipinski definition) is 0. The van der Waals surface area contributed by atoms with Crippen LogP contribution in [-0.2, 0) is 14.9 Å². The normalized spacial score (nSPS) is 24.9. The quantitative estimate of drug-likeness (QED) is 0.710. The third-order valence-electron chi connectivity index (χ3n) is 5.46. The van der Waals surface area contributed by atoms with Crippen molar-refractivity contribution in [1.29, 1.82) is 0 Å². The number of ether oxygens (including phenoxy) is 2. The van der Waals surface area contributed by atoms with Crippen molar-refractivity contribution in [2.24, 2.45) is 4.99 Å². The average molecular weight is 386 g/mol. The lowest BCUT2D eigenvalue weighted by atomic mass is 9.60. The molecule has 3 unspecified atom stereocenters. The van der Waals surface area contributed by atoms with Crippen LogP contribution < -0.4 is 4.74 Å². The van der Waals surface area contributed by atoms with E-state index in [0.29, 0.717) is 11.4 Å². The molecule has 0 bridgehead atoms. The maximum Gasteiger partial charge on any atom is 0.319 e. The molecule has 0 N–H and O–H groups in total. The van der Waals surface area contributed by atoms with E-state index in [4.69, 9.17) is 26.1 Å². The maximum atomic E-state index is 13.3. The molecule has 142 valence electrons. The van der Waals surface area contributed by atoms with Crippen LogP contribution in [0.4, 0.5) is 0 Å². The minimum atomic E-state index is -0.939. The Morgan fingerprint density at radius 2 is 1.89 bits per heavy atom. The summed E-state index contributed by atoms with van der Waals surface area (Å²) in [5, 5.41) is 0.647. The molecule has 1 aliphatic rings. The van der Waals surface area contributed by atoms with Crippen molar-refractivity contribution in [2.45, 2.75) is 37.6 Å². The Bertz CT molecular complexity index is 862. The summed E-state index contributed by atoms with van der Waals surface area (Å²) in [5.41, 5.74) is 1.94. The molecule has 5 heteroatoms. The van der Waals surface area contributed by atoms with Gasteiger partial charge in [-0.25, -0.2) is 0 Å². The Morgan fingerprint density at radius 3 is 2.48 bits per heavy atom. The molecule has 4 nitrogen and oxygen atoms in total. The number of aliphatic imine (C=N–C) groups is 1. The zero-order valence-corrected chi connectivity index (χ0v) is 16.8. The van der Waals surface area contributed by atoms with Crippen molar-refractivity contribution in [1.82, 2.24) is 0 Å². The van der Waals surface area contributed by atoms with E-state index in [1.54, 1.807) is 7.11 Å². The standard InChI is InChI=1S/C22H24ClNO3/c1-14-12-20(16-6-5-7-18(23)13-16)22(15(2)24-14,21(25)27-4)17-8-10-19(26-3)11-9-17/h5-11,13,15,20H,12H2,1-4H3. The Labute approximate surface area is 165 Å². The van der Waals surface area contributed by atoms with Gasteiger partial charge >= 0.3 is 5.97 Å². The van der Waals surface area contributed by atoms with Crippen LogP contribution in [-0.4, -0.2) is 31.9 Å². The molecular formula is C22H24ClNO3. The first kappa shape index (κ1) is 19.4. The fourth-order valence-corrected chi connectivity index (χ4v) is 4.44. The highest BCUT2D eigenvalue weighted by molar-refractivity contribution is 6.30. The van der Waals surface area contributed by atoms with Crippen LogP contribution in [0.3, 0.4) is 0 Å². The number of nitrogens with zero attached hydrogens (tertiary/aromatic N) is 1.